The van der Waals surface area contributed by atoms with Crippen molar-refractivity contribution in [1.29, 1.82) is 0 Å². The van der Waals surface area contributed by atoms with Crippen molar-refractivity contribution in [3.63, 3.8) is 0 Å². The van der Waals surface area contributed by atoms with Gasteiger partial charge in [0, 0.05) is 22.4 Å². The third kappa shape index (κ3) is 3.15. The average Bonchev–Trinajstić information content (AvgIpc) is 3.09. The number of alkyl halides is 4. The van der Waals surface area contributed by atoms with Crippen LogP contribution in [0.4, 0.5) is 8.78 Å². The molecular formula is C17H13Cl3F2O. The molecule has 0 radical (unpaired) electrons. The van der Waals surface area contributed by atoms with Crippen molar-refractivity contribution in [3.05, 3.63) is 64.2 Å². The van der Waals surface area contributed by atoms with Crippen LogP contribution >= 0.6 is 34.8 Å². The normalized spacial score (nSPS) is 22.2. The van der Waals surface area contributed by atoms with Crippen molar-refractivity contribution in [2.45, 2.75) is 22.6 Å². The van der Waals surface area contributed by atoms with Crippen LogP contribution in [0, 0.1) is 0 Å². The zero-order chi connectivity index (χ0) is 16.8. The minimum absolute atomic E-state index is 0.128. The SMILES string of the molecule is COc1ccc([C@@H]2[C@@H](c3cc(Cl)cc(C(F)F)c3)C2(Cl)Cl)cc1. The van der Waals surface area contributed by atoms with E-state index in [4.69, 9.17) is 39.5 Å². The summed E-state index contributed by atoms with van der Waals surface area (Å²) < 4.78 is 30.0. The van der Waals surface area contributed by atoms with Crippen LogP contribution < -0.4 is 4.74 Å². The molecule has 2 aromatic carbocycles. The third-order valence-electron chi connectivity index (χ3n) is 4.08. The minimum atomic E-state index is -2.59. The Bertz CT molecular complexity index is 716. The highest BCUT2D eigenvalue weighted by Gasteiger charge is 2.64. The maximum Gasteiger partial charge on any atom is 0.263 e. The highest BCUT2D eigenvalue weighted by atomic mass is 35.5. The van der Waals surface area contributed by atoms with Crippen LogP contribution in [0.25, 0.3) is 0 Å². The molecule has 0 bridgehead atoms. The zero-order valence-corrected chi connectivity index (χ0v) is 14.3. The molecule has 0 spiro atoms. The van der Waals surface area contributed by atoms with E-state index < -0.39 is 10.8 Å². The molecule has 2 atom stereocenters. The maximum absolute atomic E-state index is 13.0. The fourth-order valence-electron chi connectivity index (χ4n) is 2.91. The Hall–Kier alpha value is -1.03. The van der Waals surface area contributed by atoms with Crippen molar-refractivity contribution in [2.24, 2.45) is 0 Å². The fourth-order valence-corrected chi connectivity index (χ4v) is 4.04. The second-order valence-electron chi connectivity index (χ2n) is 5.52. The third-order valence-corrected chi connectivity index (χ3v) is 5.24. The first kappa shape index (κ1) is 16.8. The summed E-state index contributed by atoms with van der Waals surface area (Å²) in [4.78, 5) is 0. The number of benzene rings is 2. The molecule has 3 rings (SSSR count). The molecule has 0 aromatic heterocycles. The molecule has 23 heavy (non-hydrogen) atoms. The lowest BCUT2D eigenvalue weighted by Crippen LogP contribution is -1.93. The van der Waals surface area contributed by atoms with Crippen LogP contribution in [0.1, 0.15) is 35.0 Å². The Morgan fingerprint density at radius 3 is 2.17 bits per heavy atom. The molecule has 0 amide bonds. The average molecular weight is 378 g/mol. The summed E-state index contributed by atoms with van der Waals surface area (Å²) >= 11 is 18.8. The number of methoxy groups -OCH3 is 1. The van der Waals surface area contributed by atoms with Gasteiger partial charge in [0.25, 0.3) is 6.43 Å². The van der Waals surface area contributed by atoms with E-state index in [2.05, 4.69) is 0 Å². The maximum atomic E-state index is 13.0. The lowest BCUT2D eigenvalue weighted by atomic mass is 10.0. The molecule has 1 aliphatic carbocycles. The fraction of sp³-hybridized carbons (Fsp3) is 0.294. The van der Waals surface area contributed by atoms with Gasteiger partial charge in [0.05, 0.1) is 7.11 Å². The number of ether oxygens (including phenoxy) is 1. The first-order valence-electron chi connectivity index (χ1n) is 6.95. The van der Waals surface area contributed by atoms with Gasteiger partial charge >= 0.3 is 0 Å². The van der Waals surface area contributed by atoms with E-state index >= 15 is 0 Å². The van der Waals surface area contributed by atoms with Gasteiger partial charge in [-0.25, -0.2) is 8.78 Å². The summed E-state index contributed by atoms with van der Waals surface area (Å²) in [5.41, 5.74) is 1.43. The van der Waals surface area contributed by atoms with Gasteiger partial charge < -0.3 is 4.74 Å². The Balaban J connectivity index is 1.94. The Kier molecular flexibility index (Phi) is 4.47. The highest BCUT2D eigenvalue weighted by molar-refractivity contribution is 6.52. The van der Waals surface area contributed by atoms with Gasteiger partial charge in [-0.3, -0.25) is 0 Å². The molecule has 1 fully saturated rings. The van der Waals surface area contributed by atoms with E-state index in [1.807, 2.05) is 24.3 Å². The second kappa shape index (κ2) is 6.12. The van der Waals surface area contributed by atoms with E-state index in [9.17, 15) is 8.78 Å². The lowest BCUT2D eigenvalue weighted by Gasteiger charge is -2.06. The van der Waals surface area contributed by atoms with Crippen molar-refractivity contribution in [3.8, 4) is 5.75 Å². The summed E-state index contributed by atoms with van der Waals surface area (Å²) in [7, 11) is 1.58. The van der Waals surface area contributed by atoms with Gasteiger partial charge in [0.2, 0.25) is 0 Å². The molecule has 0 saturated heterocycles. The van der Waals surface area contributed by atoms with Crippen LogP contribution in [-0.4, -0.2) is 11.4 Å². The van der Waals surface area contributed by atoms with Crippen LogP contribution in [0.2, 0.25) is 5.02 Å². The van der Waals surface area contributed by atoms with E-state index in [1.54, 1.807) is 13.2 Å². The van der Waals surface area contributed by atoms with E-state index in [1.165, 1.54) is 12.1 Å². The number of hydrogen-bond acceptors (Lipinski definition) is 1. The van der Waals surface area contributed by atoms with Crippen molar-refractivity contribution in [2.75, 3.05) is 7.11 Å². The van der Waals surface area contributed by atoms with E-state index in [0.29, 0.717) is 5.56 Å². The summed E-state index contributed by atoms with van der Waals surface area (Å²) in [6.07, 6.45) is -2.59. The van der Waals surface area contributed by atoms with Gasteiger partial charge in [0.15, 0.2) is 0 Å². The molecule has 0 N–H and O–H groups in total. The molecule has 122 valence electrons. The van der Waals surface area contributed by atoms with Gasteiger partial charge in [-0.05, 0) is 41.5 Å². The summed E-state index contributed by atoms with van der Waals surface area (Å²) in [6.45, 7) is 0. The summed E-state index contributed by atoms with van der Waals surface area (Å²) in [6, 6.07) is 11.7. The van der Waals surface area contributed by atoms with Crippen molar-refractivity contribution >= 4 is 34.8 Å². The minimum Gasteiger partial charge on any atom is -0.497 e. The topological polar surface area (TPSA) is 9.23 Å². The number of rotatable bonds is 4. The lowest BCUT2D eigenvalue weighted by molar-refractivity contribution is 0.151. The largest absolute Gasteiger partial charge is 0.497 e. The molecule has 0 heterocycles. The van der Waals surface area contributed by atoms with E-state index in [-0.39, 0.29) is 22.4 Å². The van der Waals surface area contributed by atoms with Gasteiger partial charge in [-0.2, -0.15) is 0 Å². The number of hydrogen-bond donors (Lipinski definition) is 0. The molecule has 1 aliphatic rings. The first-order valence-corrected chi connectivity index (χ1v) is 8.08. The zero-order valence-electron chi connectivity index (χ0n) is 12.1. The van der Waals surface area contributed by atoms with Gasteiger partial charge in [-0.15, -0.1) is 23.2 Å². The Labute approximate surface area is 148 Å². The molecule has 1 saturated carbocycles. The Morgan fingerprint density at radius 2 is 1.61 bits per heavy atom. The quantitative estimate of drug-likeness (QED) is 0.565. The van der Waals surface area contributed by atoms with Crippen LogP contribution in [-0.2, 0) is 0 Å². The van der Waals surface area contributed by atoms with E-state index in [0.717, 1.165) is 11.3 Å². The molecule has 6 heteroatoms. The molecule has 0 aliphatic heterocycles. The van der Waals surface area contributed by atoms with Crippen LogP contribution in [0.3, 0.4) is 0 Å². The van der Waals surface area contributed by atoms with Gasteiger partial charge in [0.1, 0.15) is 10.1 Å². The first-order chi connectivity index (χ1) is 10.8. The highest BCUT2D eigenvalue weighted by Crippen LogP contribution is 2.70. The Morgan fingerprint density at radius 1 is 1.00 bits per heavy atom. The molecule has 1 nitrogen and oxygen atoms in total. The second-order valence-corrected chi connectivity index (χ2v) is 7.40. The summed E-state index contributed by atoms with van der Waals surface area (Å²) in [5, 5.41) is 0.252. The van der Waals surface area contributed by atoms with Crippen molar-refractivity contribution < 1.29 is 13.5 Å². The number of halogens is 5. The van der Waals surface area contributed by atoms with Crippen LogP contribution in [0.15, 0.2) is 42.5 Å². The van der Waals surface area contributed by atoms with Crippen LogP contribution in [0.5, 0.6) is 5.75 Å². The smallest absolute Gasteiger partial charge is 0.263 e. The van der Waals surface area contributed by atoms with Crippen molar-refractivity contribution in [1.82, 2.24) is 0 Å². The van der Waals surface area contributed by atoms with Gasteiger partial charge in [-0.1, -0.05) is 23.7 Å². The summed E-state index contributed by atoms with van der Waals surface area (Å²) in [5.74, 6) is 0.264. The standard InChI is InChI=1S/C17H13Cl3F2O/c1-23-13-4-2-9(3-5-13)14-15(17(14,19)20)10-6-11(16(21)22)8-12(18)7-10/h2-8,14-16H,1H3/t14-,15-/m1/s1. The predicted molar refractivity (Wildman–Crippen MR) is 89.3 cm³/mol. The monoisotopic (exact) mass is 376 g/mol. The molecule has 2 aromatic rings. The predicted octanol–water partition coefficient (Wildman–Crippen LogP) is 6.34. The molecular weight excluding hydrogens is 365 g/mol. The molecule has 0 unspecified atom stereocenters.